The summed E-state index contributed by atoms with van der Waals surface area (Å²) in [5.41, 5.74) is -11.4. The van der Waals surface area contributed by atoms with Gasteiger partial charge in [-0.2, -0.15) is 0 Å². The van der Waals surface area contributed by atoms with Crippen LogP contribution in [0.2, 0.25) is 0 Å². The van der Waals surface area contributed by atoms with Crippen molar-refractivity contribution in [2.75, 3.05) is 3.77 Å². The quantitative estimate of drug-likeness (QED) is 0.377. The number of rotatable bonds is 4. The Hall–Kier alpha value is 0.239. The molecule has 0 saturated heterocycles. The number of sulfone groups is 1. The second-order valence-corrected chi connectivity index (χ2v) is 10.6. The van der Waals surface area contributed by atoms with Crippen molar-refractivity contribution in [2.45, 2.75) is 11.0 Å². The van der Waals surface area contributed by atoms with Gasteiger partial charge in [0.15, 0.2) is 0 Å². The molecule has 0 aromatic carbocycles. The third kappa shape index (κ3) is 4.78. The van der Waals surface area contributed by atoms with Crippen molar-refractivity contribution in [3.63, 3.8) is 0 Å². The van der Waals surface area contributed by atoms with Crippen LogP contribution in [0.4, 0.5) is 26.3 Å². The molecule has 0 heterocycles. The van der Waals surface area contributed by atoms with Crippen molar-refractivity contribution in [1.29, 1.82) is 0 Å². The SMILES string of the molecule is O=S(=O)([CH2][Sn][O]S(=O)(=O)C(F)(F)F)C(F)(F)F. The van der Waals surface area contributed by atoms with Crippen LogP contribution in [-0.2, 0) is 22.5 Å². The van der Waals surface area contributed by atoms with Crippen molar-refractivity contribution in [1.82, 2.24) is 0 Å². The third-order valence-electron chi connectivity index (χ3n) is 1.05. The molecule has 0 aromatic rings. The summed E-state index contributed by atoms with van der Waals surface area (Å²) >= 11 is -3.36. The molecule has 2 radical (unpaired) electrons. The van der Waals surface area contributed by atoms with Crippen LogP contribution in [0.1, 0.15) is 0 Å². The first-order valence-corrected chi connectivity index (χ1v) is 9.47. The Morgan fingerprint density at radius 1 is 0.882 bits per heavy atom. The van der Waals surface area contributed by atoms with E-state index in [2.05, 4.69) is 2.52 Å². The molecule has 0 saturated carbocycles. The van der Waals surface area contributed by atoms with Crippen molar-refractivity contribution in [3.05, 3.63) is 0 Å². The molecule has 0 unspecified atom stereocenters. The van der Waals surface area contributed by atoms with Crippen LogP contribution in [0.3, 0.4) is 0 Å². The second-order valence-electron chi connectivity index (χ2n) is 2.33. The van der Waals surface area contributed by atoms with Crippen LogP contribution in [0.25, 0.3) is 0 Å². The van der Waals surface area contributed by atoms with Crippen LogP contribution < -0.4 is 0 Å². The number of hydrogen-bond acceptors (Lipinski definition) is 5. The molecule has 0 spiro atoms. The van der Waals surface area contributed by atoms with Gasteiger partial charge in [-0.3, -0.25) is 0 Å². The Morgan fingerprint density at radius 2 is 1.29 bits per heavy atom. The van der Waals surface area contributed by atoms with E-state index >= 15 is 0 Å². The molecule has 0 rings (SSSR count). The molecule has 14 heteroatoms. The molecule has 0 fully saturated rings. The minimum absolute atomic E-state index is 1.75. The number of alkyl halides is 6. The van der Waals surface area contributed by atoms with E-state index in [0.717, 1.165) is 0 Å². The minimum atomic E-state index is -6.02. The first-order chi connectivity index (χ1) is 7.21. The number of halogens is 6. The van der Waals surface area contributed by atoms with Gasteiger partial charge in [-0.15, -0.1) is 0 Å². The van der Waals surface area contributed by atoms with E-state index in [0.29, 0.717) is 0 Å². The molecule has 0 aliphatic carbocycles. The van der Waals surface area contributed by atoms with Gasteiger partial charge in [0.05, 0.1) is 0 Å². The molecule has 0 aliphatic heterocycles. The summed E-state index contributed by atoms with van der Waals surface area (Å²) < 4.78 is 113. The zero-order valence-electron chi connectivity index (χ0n) is 7.33. The molecule has 0 aromatic heterocycles. The summed E-state index contributed by atoms with van der Waals surface area (Å²) in [6.45, 7) is 0. The van der Waals surface area contributed by atoms with Crippen LogP contribution >= 0.6 is 0 Å². The fourth-order valence-electron chi connectivity index (χ4n) is 0.308. The van der Waals surface area contributed by atoms with E-state index in [-0.39, 0.29) is 0 Å². The van der Waals surface area contributed by atoms with E-state index in [9.17, 15) is 43.2 Å². The van der Waals surface area contributed by atoms with Crippen molar-refractivity contribution in [2.24, 2.45) is 0 Å². The topological polar surface area (TPSA) is 77.5 Å². The zero-order chi connectivity index (χ0) is 14.1. The molecule has 0 amide bonds. The number of hydrogen-bond donors (Lipinski definition) is 0. The van der Waals surface area contributed by atoms with Gasteiger partial charge < -0.3 is 0 Å². The van der Waals surface area contributed by atoms with E-state index in [1.165, 1.54) is 0 Å². The first kappa shape index (κ1) is 17.2. The van der Waals surface area contributed by atoms with Gasteiger partial charge >= 0.3 is 102 Å². The Kier molecular flexibility index (Phi) is 5.15. The average molecular weight is 415 g/mol. The fourth-order valence-corrected chi connectivity index (χ4v) is 7.17. The van der Waals surface area contributed by atoms with Gasteiger partial charge in [0, 0.05) is 0 Å². The van der Waals surface area contributed by atoms with Gasteiger partial charge in [0.25, 0.3) is 0 Å². The Bertz CT molecular complexity index is 415. The van der Waals surface area contributed by atoms with Crippen molar-refractivity contribution in [3.8, 4) is 0 Å². The monoisotopic (exact) mass is 416 g/mol. The Labute approximate surface area is 102 Å². The normalized spacial score (nSPS) is 14.9. The van der Waals surface area contributed by atoms with E-state index in [1.807, 2.05) is 0 Å². The summed E-state index contributed by atoms with van der Waals surface area (Å²) in [7, 11) is -11.7. The molecule has 0 N–H and O–H groups in total. The molecule has 102 valence electrons. The van der Waals surface area contributed by atoms with Gasteiger partial charge in [-0.25, -0.2) is 0 Å². The van der Waals surface area contributed by atoms with Crippen LogP contribution in [-0.4, -0.2) is 53.2 Å². The molecule has 17 heavy (non-hydrogen) atoms. The first-order valence-electron chi connectivity index (χ1n) is 3.22. The van der Waals surface area contributed by atoms with Crippen molar-refractivity contribution < 1.29 is 45.7 Å². The van der Waals surface area contributed by atoms with Gasteiger partial charge in [0.2, 0.25) is 0 Å². The Balaban J connectivity index is 4.58. The maximum atomic E-state index is 11.7. The summed E-state index contributed by atoms with van der Waals surface area (Å²) in [5.74, 6) is 0. The maximum absolute atomic E-state index is 11.7. The third-order valence-corrected chi connectivity index (χ3v) is 10.3. The van der Waals surface area contributed by atoms with Gasteiger partial charge in [0.1, 0.15) is 0 Å². The molecular formula is C3H2F6O5S2Sn. The zero-order valence-corrected chi connectivity index (χ0v) is 11.8. The second kappa shape index (κ2) is 5.08. The standard InChI is InChI=1S/C2H2F3O2S.CHF3O3S.Sn/c1-8(6,7)2(3,4)5;2-1(3,4)8(5,6)7;/h1H2;(H,5,6,7);/q;;+1/p-1. The summed E-state index contributed by atoms with van der Waals surface area (Å²) in [6, 6.07) is 0. The van der Waals surface area contributed by atoms with E-state index < -0.39 is 56.3 Å². The Morgan fingerprint density at radius 3 is 1.59 bits per heavy atom. The van der Waals surface area contributed by atoms with Crippen molar-refractivity contribution >= 4 is 41.5 Å². The summed E-state index contributed by atoms with van der Waals surface area (Å²) in [4.78, 5) is 0. The van der Waals surface area contributed by atoms with E-state index in [1.54, 1.807) is 0 Å². The molecular weight excluding hydrogens is 413 g/mol. The molecule has 5 nitrogen and oxygen atoms in total. The van der Waals surface area contributed by atoms with Gasteiger partial charge in [-0.05, 0) is 0 Å². The molecule has 0 aliphatic rings. The summed E-state index contributed by atoms with van der Waals surface area (Å²) in [6.07, 6.45) is 0. The van der Waals surface area contributed by atoms with Crippen LogP contribution in [0, 0.1) is 0 Å². The fraction of sp³-hybridized carbons (Fsp3) is 1.00. The van der Waals surface area contributed by atoms with E-state index in [4.69, 9.17) is 0 Å². The molecule has 0 atom stereocenters. The van der Waals surface area contributed by atoms with Crippen LogP contribution in [0.5, 0.6) is 0 Å². The molecule has 0 bridgehead atoms. The summed E-state index contributed by atoms with van der Waals surface area (Å²) in [5, 5.41) is 0. The van der Waals surface area contributed by atoms with Crippen LogP contribution in [0.15, 0.2) is 0 Å². The van der Waals surface area contributed by atoms with Gasteiger partial charge in [-0.1, -0.05) is 0 Å². The predicted octanol–water partition coefficient (Wildman–Crippen LogP) is 0.364. The average Bonchev–Trinajstić information content (AvgIpc) is 1.98. The predicted molar refractivity (Wildman–Crippen MR) is 41.7 cm³/mol.